The average Bonchev–Trinajstić information content (AvgIpc) is 3.32. The zero-order chi connectivity index (χ0) is 19.7. The number of hydrogen-bond donors (Lipinski definition) is 2. The number of aromatic nitrogens is 1. The topological polar surface area (TPSA) is 63.1 Å². The van der Waals surface area contributed by atoms with Gasteiger partial charge >= 0.3 is 0 Å². The van der Waals surface area contributed by atoms with Crippen molar-refractivity contribution in [1.29, 1.82) is 0 Å². The molecule has 0 saturated carbocycles. The normalized spacial score (nSPS) is 10.8. The molecule has 0 spiro atoms. The number of nitrogens with one attached hydrogen (secondary N) is 2. The number of para-hydroxylation sites is 1. The first kappa shape index (κ1) is 17.9. The lowest BCUT2D eigenvalue weighted by Crippen LogP contribution is -2.41. The fourth-order valence-corrected chi connectivity index (χ4v) is 3.90. The van der Waals surface area contributed by atoms with Crippen LogP contribution in [0, 0.1) is 5.82 Å². The van der Waals surface area contributed by atoms with Gasteiger partial charge in [0.1, 0.15) is 5.82 Å². The van der Waals surface area contributed by atoms with E-state index in [0.29, 0.717) is 10.4 Å². The van der Waals surface area contributed by atoms with Gasteiger partial charge in [-0.1, -0.05) is 30.3 Å². The van der Waals surface area contributed by atoms with E-state index in [2.05, 4.69) is 10.9 Å². The van der Waals surface area contributed by atoms with Gasteiger partial charge < -0.3 is 4.57 Å². The Bertz CT molecular complexity index is 1180. The molecule has 28 heavy (non-hydrogen) atoms. The van der Waals surface area contributed by atoms with Crippen LogP contribution in [-0.2, 0) is 7.05 Å². The van der Waals surface area contributed by atoms with Crippen LogP contribution in [0.2, 0.25) is 0 Å². The van der Waals surface area contributed by atoms with Crippen molar-refractivity contribution in [2.45, 2.75) is 0 Å². The number of aryl methyl sites for hydroxylation is 1. The molecule has 0 unspecified atom stereocenters. The number of benzene rings is 2. The maximum atomic E-state index is 13.0. The van der Waals surface area contributed by atoms with E-state index in [1.807, 2.05) is 35.9 Å². The Morgan fingerprint density at radius 1 is 0.929 bits per heavy atom. The standard InChI is InChI=1S/C21H16FN3O2S/c1-25-12-16(15-4-2-3-5-17(15)25)20(26)23-24-21(27)19-11-10-18(28-19)13-6-8-14(22)9-7-13/h2-12H,1H3,(H,23,26)(H,24,27). The predicted molar refractivity (Wildman–Crippen MR) is 108 cm³/mol. The summed E-state index contributed by atoms with van der Waals surface area (Å²) in [5.41, 5.74) is 7.15. The highest BCUT2D eigenvalue weighted by molar-refractivity contribution is 7.17. The van der Waals surface area contributed by atoms with Crippen molar-refractivity contribution >= 4 is 34.1 Å². The summed E-state index contributed by atoms with van der Waals surface area (Å²) in [7, 11) is 1.86. The average molecular weight is 393 g/mol. The largest absolute Gasteiger partial charge is 0.350 e. The SMILES string of the molecule is Cn1cc(C(=O)NNC(=O)c2ccc(-c3ccc(F)cc3)s2)c2ccccc21. The van der Waals surface area contributed by atoms with E-state index < -0.39 is 5.91 Å². The zero-order valence-electron chi connectivity index (χ0n) is 14.9. The molecule has 0 aliphatic rings. The van der Waals surface area contributed by atoms with Crippen molar-refractivity contribution in [3.63, 3.8) is 0 Å². The molecule has 4 rings (SSSR count). The van der Waals surface area contributed by atoms with Crippen LogP contribution in [0.3, 0.4) is 0 Å². The molecule has 0 radical (unpaired) electrons. The highest BCUT2D eigenvalue weighted by Gasteiger charge is 2.16. The fraction of sp³-hybridized carbons (Fsp3) is 0.0476. The third kappa shape index (κ3) is 3.39. The van der Waals surface area contributed by atoms with E-state index >= 15 is 0 Å². The van der Waals surface area contributed by atoms with Crippen molar-refractivity contribution in [3.8, 4) is 10.4 Å². The molecule has 7 heteroatoms. The molecular weight excluding hydrogens is 377 g/mol. The van der Waals surface area contributed by atoms with Gasteiger partial charge in [-0.25, -0.2) is 4.39 Å². The van der Waals surface area contributed by atoms with Gasteiger partial charge in [-0.05, 0) is 35.9 Å². The maximum Gasteiger partial charge on any atom is 0.279 e. The number of hydrazine groups is 1. The minimum atomic E-state index is -0.410. The Labute approximate surface area is 164 Å². The van der Waals surface area contributed by atoms with Crippen molar-refractivity contribution in [3.05, 3.63) is 83.1 Å². The summed E-state index contributed by atoms with van der Waals surface area (Å²) in [6, 6.07) is 17.1. The lowest BCUT2D eigenvalue weighted by Gasteiger charge is -2.05. The van der Waals surface area contributed by atoms with Crippen molar-refractivity contribution in [1.82, 2.24) is 15.4 Å². The molecule has 0 atom stereocenters. The lowest BCUT2D eigenvalue weighted by molar-refractivity contribution is 0.0849. The summed E-state index contributed by atoms with van der Waals surface area (Å²) in [4.78, 5) is 26.1. The van der Waals surface area contributed by atoms with Gasteiger partial charge in [0, 0.05) is 29.0 Å². The Balaban J connectivity index is 1.45. The Kier molecular flexibility index (Phi) is 4.67. The lowest BCUT2D eigenvalue weighted by atomic mass is 10.2. The second kappa shape index (κ2) is 7.28. The summed E-state index contributed by atoms with van der Waals surface area (Å²) in [5.74, 6) is -1.11. The molecule has 140 valence electrons. The number of thiophene rings is 1. The summed E-state index contributed by atoms with van der Waals surface area (Å²) in [6.07, 6.45) is 1.73. The van der Waals surface area contributed by atoms with Gasteiger partial charge in [0.05, 0.1) is 10.4 Å². The molecule has 0 bridgehead atoms. The van der Waals surface area contributed by atoms with Crippen LogP contribution in [0.5, 0.6) is 0 Å². The molecule has 2 aromatic heterocycles. The third-order valence-corrected chi connectivity index (χ3v) is 5.52. The van der Waals surface area contributed by atoms with Gasteiger partial charge in [-0.2, -0.15) is 0 Å². The first-order valence-electron chi connectivity index (χ1n) is 8.53. The number of rotatable bonds is 3. The molecule has 2 aromatic carbocycles. The minimum absolute atomic E-state index is 0.311. The number of fused-ring (bicyclic) bond motifs is 1. The maximum absolute atomic E-state index is 13.0. The second-order valence-electron chi connectivity index (χ2n) is 6.25. The number of halogens is 1. The van der Waals surface area contributed by atoms with Gasteiger partial charge in [-0.15, -0.1) is 11.3 Å². The Morgan fingerprint density at radius 2 is 1.64 bits per heavy atom. The van der Waals surface area contributed by atoms with E-state index in [4.69, 9.17) is 0 Å². The van der Waals surface area contributed by atoms with Crippen LogP contribution in [0.25, 0.3) is 21.3 Å². The summed E-state index contributed by atoms with van der Waals surface area (Å²) in [5, 5.41) is 0.812. The fourth-order valence-electron chi connectivity index (χ4n) is 2.99. The monoisotopic (exact) mass is 393 g/mol. The zero-order valence-corrected chi connectivity index (χ0v) is 15.7. The first-order valence-corrected chi connectivity index (χ1v) is 9.35. The van der Waals surface area contributed by atoms with Gasteiger partial charge in [-0.3, -0.25) is 20.4 Å². The third-order valence-electron chi connectivity index (χ3n) is 4.39. The highest BCUT2D eigenvalue weighted by atomic mass is 32.1. The van der Waals surface area contributed by atoms with Crippen LogP contribution in [0.15, 0.2) is 66.9 Å². The molecule has 4 aromatic rings. The number of carbonyl (C=O) groups excluding carboxylic acids is 2. The van der Waals surface area contributed by atoms with Crippen LogP contribution < -0.4 is 10.9 Å². The molecule has 0 saturated heterocycles. The second-order valence-corrected chi connectivity index (χ2v) is 7.33. The molecule has 2 amide bonds. The van der Waals surface area contributed by atoms with Crippen LogP contribution in [-0.4, -0.2) is 16.4 Å². The van der Waals surface area contributed by atoms with E-state index in [0.717, 1.165) is 21.3 Å². The van der Waals surface area contributed by atoms with Gasteiger partial charge in [0.2, 0.25) is 0 Å². The minimum Gasteiger partial charge on any atom is -0.350 e. The highest BCUT2D eigenvalue weighted by Crippen LogP contribution is 2.28. The first-order chi connectivity index (χ1) is 13.5. The van der Waals surface area contributed by atoms with E-state index in [9.17, 15) is 14.0 Å². The number of amides is 2. The number of nitrogens with zero attached hydrogens (tertiary/aromatic N) is 1. The van der Waals surface area contributed by atoms with Crippen molar-refractivity contribution < 1.29 is 14.0 Å². The predicted octanol–water partition coefficient (Wildman–Crippen LogP) is 4.12. The molecule has 0 aliphatic carbocycles. The van der Waals surface area contributed by atoms with E-state index in [1.165, 1.54) is 23.5 Å². The molecule has 0 aliphatic heterocycles. The molecule has 5 nitrogen and oxygen atoms in total. The van der Waals surface area contributed by atoms with Gasteiger partial charge in [0.15, 0.2) is 0 Å². The van der Waals surface area contributed by atoms with Crippen LogP contribution in [0.4, 0.5) is 4.39 Å². The van der Waals surface area contributed by atoms with E-state index in [1.54, 1.807) is 30.5 Å². The van der Waals surface area contributed by atoms with Crippen LogP contribution >= 0.6 is 11.3 Å². The summed E-state index contributed by atoms with van der Waals surface area (Å²) in [6.45, 7) is 0. The summed E-state index contributed by atoms with van der Waals surface area (Å²) < 4.78 is 14.9. The number of carbonyl (C=O) groups is 2. The number of hydrogen-bond acceptors (Lipinski definition) is 3. The Morgan fingerprint density at radius 3 is 2.43 bits per heavy atom. The molecule has 0 fully saturated rings. The molecule has 2 heterocycles. The van der Waals surface area contributed by atoms with Crippen LogP contribution in [0.1, 0.15) is 20.0 Å². The smallest absolute Gasteiger partial charge is 0.279 e. The van der Waals surface area contributed by atoms with E-state index in [-0.39, 0.29) is 11.7 Å². The Hall–Kier alpha value is -3.45. The molecular formula is C21H16FN3O2S. The summed E-state index contributed by atoms with van der Waals surface area (Å²) >= 11 is 1.26. The van der Waals surface area contributed by atoms with Crippen molar-refractivity contribution in [2.24, 2.45) is 7.05 Å². The van der Waals surface area contributed by atoms with Crippen molar-refractivity contribution in [2.75, 3.05) is 0 Å². The quantitative estimate of drug-likeness (QED) is 0.514. The van der Waals surface area contributed by atoms with Gasteiger partial charge in [0.25, 0.3) is 11.8 Å². The molecule has 2 N–H and O–H groups in total.